The van der Waals surface area contributed by atoms with Crippen molar-refractivity contribution in [1.82, 2.24) is 10.6 Å². The first-order valence-electron chi connectivity index (χ1n) is 9.01. The number of halogens is 4. The number of benzene rings is 1. The van der Waals surface area contributed by atoms with Gasteiger partial charge in [0, 0.05) is 24.8 Å². The summed E-state index contributed by atoms with van der Waals surface area (Å²) in [6.07, 6.45) is -2.79. The molecule has 0 unspecified atom stereocenters. The molecule has 0 radical (unpaired) electrons. The number of carbonyl (C=O) groups excluding carboxylic acids is 3. The predicted molar refractivity (Wildman–Crippen MR) is 100 cm³/mol. The normalized spacial score (nSPS) is 15.1. The number of morpholine rings is 1. The van der Waals surface area contributed by atoms with Crippen LogP contribution < -0.4 is 31.3 Å². The van der Waals surface area contributed by atoms with Gasteiger partial charge in [0.25, 0.3) is 12.3 Å². The molecule has 1 atom stereocenters. The van der Waals surface area contributed by atoms with Crippen molar-refractivity contribution in [2.24, 2.45) is 5.73 Å². The van der Waals surface area contributed by atoms with Crippen LogP contribution in [-0.2, 0) is 14.3 Å². The fraction of sp³-hybridized carbons (Fsp3) is 0.471. The quantitative estimate of drug-likeness (QED) is 0.404. The summed E-state index contributed by atoms with van der Waals surface area (Å²) in [6.45, 7) is -4.27. The summed E-state index contributed by atoms with van der Waals surface area (Å²) in [7, 11) is 0. The number of carbonyl (C=O) groups is 3. The van der Waals surface area contributed by atoms with Crippen molar-refractivity contribution >= 4 is 29.2 Å². The first-order chi connectivity index (χ1) is 14.7. The number of rotatable bonds is 9. The Bertz CT molecular complexity index is 798. The van der Waals surface area contributed by atoms with Gasteiger partial charge in [0.1, 0.15) is 12.6 Å². The predicted octanol–water partition coefficient (Wildman–Crippen LogP) is 0.481. The van der Waals surface area contributed by atoms with E-state index < -0.39 is 49.9 Å². The highest BCUT2D eigenvalue weighted by atomic mass is 19.3. The average Bonchev–Trinajstić information content (AvgIpc) is 2.71. The summed E-state index contributed by atoms with van der Waals surface area (Å²) in [5, 5.41) is 6.22. The minimum atomic E-state index is -3.23. The number of alkyl halides is 4. The van der Waals surface area contributed by atoms with Crippen molar-refractivity contribution in [1.29, 1.82) is 0 Å². The van der Waals surface area contributed by atoms with Crippen LogP contribution in [0.5, 0.6) is 5.75 Å². The van der Waals surface area contributed by atoms with E-state index in [9.17, 15) is 31.9 Å². The molecule has 172 valence electrons. The summed E-state index contributed by atoms with van der Waals surface area (Å²) in [6, 6.07) is 1.37. The van der Waals surface area contributed by atoms with Crippen molar-refractivity contribution in [2.75, 3.05) is 43.1 Å². The number of nitrogens with one attached hydrogen (secondary N) is 3. The van der Waals surface area contributed by atoms with E-state index in [0.717, 1.165) is 6.07 Å². The lowest BCUT2D eigenvalue weighted by atomic mass is 10.2. The third kappa shape index (κ3) is 7.25. The van der Waals surface area contributed by atoms with Crippen LogP contribution in [0.25, 0.3) is 0 Å². The number of nitrogens with two attached hydrogens (primary N) is 1. The maximum Gasteiger partial charge on any atom is 0.387 e. The molecule has 1 saturated heterocycles. The molecule has 0 aromatic heterocycles. The summed E-state index contributed by atoms with van der Waals surface area (Å²) >= 11 is 0. The number of anilines is 2. The van der Waals surface area contributed by atoms with Crippen LogP contribution in [0.3, 0.4) is 0 Å². The fourth-order valence-corrected chi connectivity index (χ4v) is 2.60. The molecular weight excluding hydrogens is 430 g/mol. The summed E-state index contributed by atoms with van der Waals surface area (Å²) in [5.74, 6) is -1.71. The lowest BCUT2D eigenvalue weighted by molar-refractivity contribution is -0.125. The van der Waals surface area contributed by atoms with Crippen molar-refractivity contribution in [2.45, 2.75) is 19.1 Å². The van der Waals surface area contributed by atoms with Gasteiger partial charge in [-0.25, -0.2) is 13.6 Å². The first kappa shape index (κ1) is 24.1. The first-order valence-corrected chi connectivity index (χ1v) is 9.01. The topological polar surface area (TPSA) is 135 Å². The lowest BCUT2D eigenvalue weighted by Gasteiger charge is -2.27. The number of hydrogen-bond donors (Lipinski definition) is 4. The monoisotopic (exact) mass is 451 g/mol. The highest BCUT2D eigenvalue weighted by molar-refractivity contribution is 5.99. The molecule has 0 spiro atoms. The number of amides is 4. The minimum absolute atomic E-state index is 0.166. The Balaban J connectivity index is 2.14. The van der Waals surface area contributed by atoms with E-state index in [1.807, 2.05) is 5.32 Å². The largest absolute Gasteiger partial charge is 0.433 e. The second kappa shape index (κ2) is 11.3. The second-order valence-electron chi connectivity index (χ2n) is 6.18. The molecule has 1 heterocycles. The molecule has 1 aromatic rings. The van der Waals surface area contributed by atoms with Crippen LogP contribution in [-0.4, -0.2) is 69.8 Å². The van der Waals surface area contributed by atoms with Gasteiger partial charge >= 0.3 is 12.6 Å². The minimum Gasteiger partial charge on any atom is -0.433 e. The molecule has 1 aliphatic heterocycles. The Labute approximate surface area is 174 Å². The van der Waals surface area contributed by atoms with E-state index in [0.29, 0.717) is 0 Å². The maximum absolute atomic E-state index is 12.9. The SMILES string of the molecule is NC[C@H](NC(=O)NCC(F)F)C(=O)Nc1ccc(N2CCOCC2=O)cc1OC(F)F. The van der Waals surface area contributed by atoms with Gasteiger partial charge in [-0.05, 0) is 12.1 Å². The molecular formula is C17H21F4N5O5. The zero-order valence-electron chi connectivity index (χ0n) is 16.1. The molecule has 2 rings (SSSR count). The summed E-state index contributed by atoms with van der Waals surface area (Å²) in [5.41, 5.74) is 5.50. The smallest absolute Gasteiger partial charge is 0.387 e. The Hall–Kier alpha value is -3.13. The number of urea groups is 1. The highest BCUT2D eigenvalue weighted by Crippen LogP contribution is 2.32. The van der Waals surface area contributed by atoms with E-state index in [4.69, 9.17) is 10.5 Å². The van der Waals surface area contributed by atoms with E-state index in [2.05, 4.69) is 15.4 Å². The molecule has 1 aliphatic rings. The zero-order chi connectivity index (χ0) is 23.0. The van der Waals surface area contributed by atoms with Gasteiger partial charge < -0.3 is 36.1 Å². The number of hydrogen-bond acceptors (Lipinski definition) is 6. The molecule has 31 heavy (non-hydrogen) atoms. The molecule has 1 aromatic carbocycles. The highest BCUT2D eigenvalue weighted by Gasteiger charge is 2.24. The van der Waals surface area contributed by atoms with Crippen LogP contribution >= 0.6 is 0 Å². The van der Waals surface area contributed by atoms with Crippen molar-refractivity contribution in [3.8, 4) is 5.75 Å². The second-order valence-corrected chi connectivity index (χ2v) is 6.18. The Morgan fingerprint density at radius 1 is 1.26 bits per heavy atom. The van der Waals surface area contributed by atoms with E-state index >= 15 is 0 Å². The summed E-state index contributed by atoms with van der Waals surface area (Å²) < 4.78 is 59.5. The third-order valence-corrected chi connectivity index (χ3v) is 4.01. The molecule has 0 bridgehead atoms. The van der Waals surface area contributed by atoms with Crippen LogP contribution in [0.4, 0.5) is 33.7 Å². The Morgan fingerprint density at radius 3 is 2.61 bits per heavy atom. The van der Waals surface area contributed by atoms with Gasteiger partial charge in [0.15, 0.2) is 5.75 Å². The van der Waals surface area contributed by atoms with E-state index in [-0.39, 0.29) is 37.0 Å². The third-order valence-electron chi connectivity index (χ3n) is 4.01. The van der Waals surface area contributed by atoms with Gasteiger partial charge in [-0.3, -0.25) is 9.59 Å². The van der Waals surface area contributed by atoms with Gasteiger partial charge in [0.05, 0.1) is 18.8 Å². The summed E-state index contributed by atoms with van der Waals surface area (Å²) in [4.78, 5) is 37.2. The fourth-order valence-electron chi connectivity index (χ4n) is 2.60. The van der Waals surface area contributed by atoms with Gasteiger partial charge in [-0.1, -0.05) is 0 Å². The van der Waals surface area contributed by atoms with Gasteiger partial charge in [-0.15, -0.1) is 0 Å². The number of nitrogens with zero attached hydrogens (tertiary/aromatic N) is 1. The van der Waals surface area contributed by atoms with Crippen molar-refractivity contribution in [3.63, 3.8) is 0 Å². The maximum atomic E-state index is 12.9. The molecule has 10 nitrogen and oxygen atoms in total. The molecule has 1 fully saturated rings. The van der Waals surface area contributed by atoms with E-state index in [1.54, 1.807) is 0 Å². The van der Waals surface area contributed by atoms with Gasteiger partial charge in [0.2, 0.25) is 5.91 Å². The van der Waals surface area contributed by atoms with Crippen LogP contribution in [0, 0.1) is 0 Å². The molecule has 0 saturated carbocycles. The number of ether oxygens (including phenoxy) is 2. The molecule has 14 heteroatoms. The Morgan fingerprint density at radius 2 is 2.00 bits per heavy atom. The van der Waals surface area contributed by atoms with Gasteiger partial charge in [-0.2, -0.15) is 8.78 Å². The lowest BCUT2D eigenvalue weighted by Crippen LogP contribution is -2.52. The molecule has 4 amide bonds. The Kier molecular flexibility index (Phi) is 8.81. The molecule has 0 aliphatic carbocycles. The van der Waals surface area contributed by atoms with Crippen LogP contribution in [0.2, 0.25) is 0 Å². The molecule has 5 N–H and O–H groups in total. The van der Waals surface area contributed by atoms with Crippen molar-refractivity contribution in [3.05, 3.63) is 18.2 Å². The van der Waals surface area contributed by atoms with E-state index in [1.165, 1.54) is 17.0 Å². The van der Waals surface area contributed by atoms with Crippen molar-refractivity contribution < 1.29 is 41.4 Å². The van der Waals surface area contributed by atoms with Crippen LogP contribution in [0.1, 0.15) is 0 Å². The zero-order valence-corrected chi connectivity index (χ0v) is 16.1. The standard InChI is InChI=1S/C17H21F4N5O5/c18-13(19)7-23-17(29)25-11(6-22)15(28)24-10-2-1-9(5-12(10)31-16(20)21)26-3-4-30-8-14(26)27/h1-2,5,11,13,16H,3-4,6-8,22H2,(H,24,28)(H2,23,25,29)/t11-/m0/s1. The van der Waals surface area contributed by atoms with Crippen LogP contribution in [0.15, 0.2) is 18.2 Å². The average molecular weight is 451 g/mol.